The molecule has 0 amide bonds. The molecule has 0 spiro atoms. The maximum Gasteiger partial charge on any atom is 0.140 e. The molecule has 5 nitrogen and oxygen atoms in total. The minimum Gasteiger partial charge on any atom is -0.368 e. The van der Waals surface area contributed by atoms with Crippen molar-refractivity contribution in [2.75, 3.05) is 36.5 Å². The Balaban J connectivity index is 1.76. The van der Waals surface area contributed by atoms with Gasteiger partial charge in [0.2, 0.25) is 0 Å². The van der Waals surface area contributed by atoms with E-state index in [0.717, 1.165) is 13.1 Å². The van der Waals surface area contributed by atoms with Crippen LogP contribution in [0.25, 0.3) is 10.9 Å². The highest BCUT2D eigenvalue weighted by Crippen LogP contribution is 2.24. The van der Waals surface area contributed by atoms with Crippen molar-refractivity contribution in [1.29, 1.82) is 0 Å². The number of benzene rings is 1. The van der Waals surface area contributed by atoms with Crippen LogP contribution in [0.15, 0.2) is 24.5 Å². The van der Waals surface area contributed by atoms with E-state index in [1.54, 1.807) is 12.1 Å². The van der Waals surface area contributed by atoms with Gasteiger partial charge in [0.05, 0.1) is 10.9 Å². The van der Waals surface area contributed by atoms with Gasteiger partial charge in [-0.05, 0) is 26.0 Å². The molecule has 2 aromatic rings. The minimum absolute atomic E-state index is 0.132. The van der Waals surface area contributed by atoms with Crippen LogP contribution in [-0.2, 0) is 10.8 Å². The molecule has 124 valence electrons. The normalized spacial score (nSPS) is 17.5. The lowest BCUT2D eigenvalue weighted by Gasteiger charge is -2.40. The number of nitrogens with one attached hydrogen (secondary N) is 1. The standard InChI is InChI=1S/C16H21FN4OS/c1-16(2,21-6-8-23(22)9-7-21)10-18-15-14-12(17)4-3-5-13(14)19-11-20-15/h3-5,11H,6-10H2,1-2H3,(H,18,19,20). The highest BCUT2D eigenvalue weighted by molar-refractivity contribution is 7.85. The maximum absolute atomic E-state index is 14.1. The second-order valence-corrected chi connectivity index (χ2v) is 8.05. The van der Waals surface area contributed by atoms with Gasteiger partial charge in [-0.1, -0.05) is 6.07 Å². The zero-order valence-corrected chi connectivity index (χ0v) is 14.2. The molecular formula is C16H21FN4OS. The monoisotopic (exact) mass is 336 g/mol. The van der Waals surface area contributed by atoms with E-state index in [4.69, 9.17) is 0 Å². The van der Waals surface area contributed by atoms with E-state index < -0.39 is 10.8 Å². The first-order chi connectivity index (χ1) is 11.0. The SMILES string of the molecule is CC(C)(CNc1ncnc2cccc(F)c12)N1CCS(=O)CC1. The molecule has 0 saturated carbocycles. The van der Waals surface area contributed by atoms with Gasteiger partial charge in [0, 0.05) is 47.5 Å². The Hall–Kier alpha value is -1.60. The summed E-state index contributed by atoms with van der Waals surface area (Å²) in [7, 11) is -0.690. The molecule has 0 aliphatic carbocycles. The average molecular weight is 336 g/mol. The van der Waals surface area contributed by atoms with Crippen LogP contribution in [0, 0.1) is 5.82 Å². The van der Waals surface area contributed by atoms with Crippen LogP contribution in [0.1, 0.15) is 13.8 Å². The van der Waals surface area contributed by atoms with Gasteiger partial charge in [-0.3, -0.25) is 9.11 Å². The molecule has 0 bridgehead atoms. The Kier molecular flexibility index (Phi) is 4.59. The second kappa shape index (κ2) is 6.49. The molecule has 0 atom stereocenters. The van der Waals surface area contributed by atoms with Crippen molar-refractivity contribution >= 4 is 27.5 Å². The number of nitrogens with zero attached hydrogens (tertiary/aromatic N) is 3. The Morgan fingerprint density at radius 2 is 2.04 bits per heavy atom. The number of anilines is 1. The summed E-state index contributed by atoms with van der Waals surface area (Å²) in [6, 6.07) is 4.84. The van der Waals surface area contributed by atoms with Gasteiger partial charge in [-0.25, -0.2) is 14.4 Å². The number of rotatable bonds is 4. The highest BCUT2D eigenvalue weighted by atomic mass is 32.2. The molecule has 3 rings (SSSR count). The molecule has 1 aromatic carbocycles. The first-order valence-electron chi connectivity index (χ1n) is 7.70. The summed E-state index contributed by atoms with van der Waals surface area (Å²) in [5.41, 5.74) is 0.460. The topological polar surface area (TPSA) is 58.1 Å². The summed E-state index contributed by atoms with van der Waals surface area (Å²) in [6.45, 7) is 6.53. The van der Waals surface area contributed by atoms with E-state index >= 15 is 0 Å². The summed E-state index contributed by atoms with van der Waals surface area (Å²) < 4.78 is 25.6. The number of aromatic nitrogens is 2. The fourth-order valence-electron chi connectivity index (χ4n) is 2.86. The van der Waals surface area contributed by atoms with Crippen molar-refractivity contribution < 1.29 is 8.60 Å². The summed E-state index contributed by atoms with van der Waals surface area (Å²) in [5, 5.41) is 3.69. The molecule has 23 heavy (non-hydrogen) atoms. The van der Waals surface area contributed by atoms with Gasteiger partial charge in [0.25, 0.3) is 0 Å². The molecule has 2 heterocycles. The van der Waals surface area contributed by atoms with Crippen molar-refractivity contribution in [3.8, 4) is 0 Å². The maximum atomic E-state index is 14.1. The van der Waals surface area contributed by atoms with E-state index in [2.05, 4.69) is 34.0 Å². The highest BCUT2D eigenvalue weighted by Gasteiger charge is 2.29. The Bertz CT molecular complexity index is 722. The van der Waals surface area contributed by atoms with Gasteiger partial charge in [0.15, 0.2) is 0 Å². The summed E-state index contributed by atoms with van der Waals surface area (Å²) in [5.74, 6) is 1.63. The van der Waals surface area contributed by atoms with Gasteiger partial charge in [-0.15, -0.1) is 0 Å². The van der Waals surface area contributed by atoms with Crippen molar-refractivity contribution in [3.63, 3.8) is 0 Å². The fraction of sp³-hybridized carbons (Fsp3) is 0.500. The lowest BCUT2D eigenvalue weighted by atomic mass is 10.0. The molecule has 1 fully saturated rings. The third kappa shape index (κ3) is 3.50. The van der Waals surface area contributed by atoms with Gasteiger partial charge in [0.1, 0.15) is 18.0 Å². The Morgan fingerprint density at radius 3 is 2.78 bits per heavy atom. The van der Waals surface area contributed by atoms with E-state index in [9.17, 15) is 8.60 Å². The van der Waals surface area contributed by atoms with Crippen LogP contribution in [0.2, 0.25) is 0 Å². The van der Waals surface area contributed by atoms with Gasteiger partial charge in [-0.2, -0.15) is 0 Å². The number of hydrogen-bond donors (Lipinski definition) is 1. The Morgan fingerprint density at radius 1 is 1.30 bits per heavy atom. The molecule has 1 aromatic heterocycles. The number of hydrogen-bond acceptors (Lipinski definition) is 5. The zero-order chi connectivity index (χ0) is 16.4. The summed E-state index contributed by atoms with van der Waals surface area (Å²) in [6.07, 6.45) is 1.45. The fourth-order valence-corrected chi connectivity index (χ4v) is 3.91. The smallest absolute Gasteiger partial charge is 0.140 e. The van der Waals surface area contributed by atoms with Crippen LogP contribution < -0.4 is 5.32 Å². The lowest BCUT2D eigenvalue weighted by molar-refractivity contribution is 0.145. The molecule has 1 N–H and O–H groups in total. The quantitative estimate of drug-likeness (QED) is 0.926. The summed E-state index contributed by atoms with van der Waals surface area (Å²) >= 11 is 0. The van der Waals surface area contributed by atoms with Crippen LogP contribution in [0.5, 0.6) is 0 Å². The van der Waals surface area contributed by atoms with Crippen LogP contribution in [0.4, 0.5) is 10.2 Å². The van der Waals surface area contributed by atoms with Crippen LogP contribution >= 0.6 is 0 Å². The molecule has 1 saturated heterocycles. The van der Waals surface area contributed by atoms with Crippen molar-refractivity contribution in [2.24, 2.45) is 0 Å². The van der Waals surface area contributed by atoms with E-state index in [-0.39, 0.29) is 11.4 Å². The molecule has 1 aliphatic heterocycles. The van der Waals surface area contributed by atoms with Gasteiger partial charge < -0.3 is 5.32 Å². The summed E-state index contributed by atoms with van der Waals surface area (Å²) in [4.78, 5) is 10.6. The zero-order valence-electron chi connectivity index (χ0n) is 13.4. The Labute approximate surface area is 137 Å². The molecule has 7 heteroatoms. The lowest BCUT2D eigenvalue weighted by Crippen LogP contribution is -2.53. The average Bonchev–Trinajstić information content (AvgIpc) is 2.53. The van der Waals surface area contributed by atoms with Crippen molar-refractivity contribution in [1.82, 2.24) is 14.9 Å². The number of fused-ring (bicyclic) bond motifs is 1. The van der Waals surface area contributed by atoms with Crippen molar-refractivity contribution in [3.05, 3.63) is 30.3 Å². The molecule has 0 radical (unpaired) electrons. The minimum atomic E-state index is -0.690. The van der Waals surface area contributed by atoms with Crippen LogP contribution in [0.3, 0.4) is 0 Å². The molecule has 0 unspecified atom stereocenters. The first-order valence-corrected chi connectivity index (χ1v) is 9.19. The second-order valence-electron chi connectivity index (χ2n) is 6.36. The van der Waals surface area contributed by atoms with E-state index in [1.807, 2.05) is 0 Å². The third-order valence-corrected chi connectivity index (χ3v) is 5.61. The third-order valence-electron chi connectivity index (χ3n) is 4.33. The van der Waals surface area contributed by atoms with Gasteiger partial charge >= 0.3 is 0 Å². The first kappa shape index (κ1) is 16.3. The number of halogens is 1. The van der Waals surface area contributed by atoms with Crippen molar-refractivity contribution in [2.45, 2.75) is 19.4 Å². The predicted octanol–water partition coefficient (Wildman–Crippen LogP) is 2.02. The van der Waals surface area contributed by atoms with E-state index in [1.165, 1.54) is 12.4 Å². The predicted molar refractivity (Wildman–Crippen MR) is 91.5 cm³/mol. The van der Waals surface area contributed by atoms with E-state index in [0.29, 0.717) is 34.8 Å². The molecule has 1 aliphatic rings. The molecular weight excluding hydrogens is 315 g/mol. The largest absolute Gasteiger partial charge is 0.368 e. The van der Waals surface area contributed by atoms with Crippen LogP contribution in [-0.4, -0.2) is 55.8 Å².